The van der Waals surface area contributed by atoms with Gasteiger partial charge in [0.05, 0.1) is 19.2 Å². The van der Waals surface area contributed by atoms with Crippen molar-refractivity contribution < 1.29 is 9.47 Å². The molecular formula is C15H20ClN3O2. The van der Waals surface area contributed by atoms with Crippen LogP contribution in [-0.4, -0.2) is 37.8 Å². The number of anilines is 1. The predicted octanol–water partition coefficient (Wildman–Crippen LogP) is 3.54. The first kappa shape index (κ1) is 15.6. The lowest BCUT2D eigenvalue weighted by Gasteiger charge is -2.16. The summed E-state index contributed by atoms with van der Waals surface area (Å²) in [5, 5.41) is 1.10. The Morgan fingerprint density at radius 2 is 1.95 bits per heavy atom. The summed E-state index contributed by atoms with van der Waals surface area (Å²) in [6.07, 6.45) is 2.07. The fourth-order valence-corrected chi connectivity index (χ4v) is 2.20. The van der Waals surface area contributed by atoms with E-state index in [0.717, 1.165) is 29.6 Å². The van der Waals surface area contributed by atoms with Crippen LogP contribution in [0.15, 0.2) is 12.1 Å². The number of halogens is 1. The van der Waals surface area contributed by atoms with Gasteiger partial charge in [-0.2, -0.15) is 4.98 Å². The van der Waals surface area contributed by atoms with Gasteiger partial charge in [-0.3, -0.25) is 0 Å². The van der Waals surface area contributed by atoms with Gasteiger partial charge < -0.3 is 14.4 Å². The summed E-state index contributed by atoms with van der Waals surface area (Å²) >= 11 is 6.00. The van der Waals surface area contributed by atoms with Crippen LogP contribution >= 0.6 is 11.6 Å². The maximum Gasteiger partial charge on any atom is 0.224 e. The van der Waals surface area contributed by atoms with E-state index in [9.17, 15) is 0 Å². The molecule has 21 heavy (non-hydrogen) atoms. The minimum Gasteiger partial charge on any atom is -0.493 e. The predicted molar refractivity (Wildman–Crippen MR) is 85.8 cm³/mol. The highest BCUT2D eigenvalue weighted by atomic mass is 35.5. The van der Waals surface area contributed by atoms with Crippen molar-refractivity contribution in [2.45, 2.75) is 19.8 Å². The standard InChI is InChI=1S/C15H20ClN3O2/c1-5-6-7-21-13-9-11-10(8-12(13)20-4)14(19(2)3)18-15(16)17-11/h8-9H,5-7H2,1-4H3. The highest BCUT2D eigenvalue weighted by Crippen LogP contribution is 2.35. The highest BCUT2D eigenvalue weighted by Gasteiger charge is 2.14. The van der Waals surface area contributed by atoms with Crippen molar-refractivity contribution in [3.63, 3.8) is 0 Å². The number of methoxy groups -OCH3 is 1. The molecule has 0 saturated carbocycles. The lowest BCUT2D eigenvalue weighted by molar-refractivity contribution is 0.289. The van der Waals surface area contributed by atoms with Crippen LogP contribution in [-0.2, 0) is 0 Å². The summed E-state index contributed by atoms with van der Waals surface area (Å²) in [5.74, 6) is 2.11. The number of hydrogen-bond acceptors (Lipinski definition) is 5. The van der Waals surface area contributed by atoms with Crippen LogP contribution in [0.2, 0.25) is 5.28 Å². The van der Waals surface area contributed by atoms with Crippen LogP contribution in [0.4, 0.5) is 5.82 Å². The van der Waals surface area contributed by atoms with Crippen molar-refractivity contribution in [2.75, 3.05) is 32.7 Å². The molecule has 0 unspecified atom stereocenters. The fourth-order valence-electron chi connectivity index (χ4n) is 2.03. The molecule has 0 aliphatic rings. The Balaban J connectivity index is 2.52. The van der Waals surface area contributed by atoms with E-state index in [-0.39, 0.29) is 5.28 Å². The zero-order valence-corrected chi connectivity index (χ0v) is 13.6. The van der Waals surface area contributed by atoms with E-state index in [4.69, 9.17) is 21.1 Å². The molecule has 6 heteroatoms. The van der Waals surface area contributed by atoms with Gasteiger partial charge in [-0.1, -0.05) is 13.3 Å². The Bertz CT molecular complexity index is 632. The van der Waals surface area contributed by atoms with Crippen molar-refractivity contribution in [3.8, 4) is 11.5 Å². The van der Waals surface area contributed by atoms with E-state index in [0.29, 0.717) is 18.1 Å². The van der Waals surface area contributed by atoms with Gasteiger partial charge in [0.15, 0.2) is 11.5 Å². The molecule has 0 saturated heterocycles. The first-order valence-corrected chi connectivity index (χ1v) is 7.30. The molecular weight excluding hydrogens is 290 g/mol. The second-order valence-corrected chi connectivity index (χ2v) is 5.27. The van der Waals surface area contributed by atoms with Crippen LogP contribution < -0.4 is 14.4 Å². The van der Waals surface area contributed by atoms with Gasteiger partial charge in [0.1, 0.15) is 5.82 Å². The quantitative estimate of drug-likeness (QED) is 0.603. The molecule has 0 fully saturated rings. The smallest absolute Gasteiger partial charge is 0.224 e. The number of rotatable bonds is 6. The minimum atomic E-state index is 0.218. The molecule has 0 aliphatic carbocycles. The summed E-state index contributed by atoms with van der Waals surface area (Å²) in [4.78, 5) is 10.4. The van der Waals surface area contributed by atoms with E-state index in [1.807, 2.05) is 31.1 Å². The number of benzene rings is 1. The number of ether oxygens (including phenoxy) is 2. The Morgan fingerprint density at radius 3 is 2.57 bits per heavy atom. The zero-order chi connectivity index (χ0) is 15.4. The maximum absolute atomic E-state index is 6.00. The first-order chi connectivity index (χ1) is 10.1. The average molecular weight is 310 g/mol. The summed E-state index contributed by atoms with van der Waals surface area (Å²) in [7, 11) is 5.45. The molecule has 5 nitrogen and oxygen atoms in total. The van der Waals surface area contributed by atoms with Gasteiger partial charge in [-0.25, -0.2) is 4.98 Å². The molecule has 1 aromatic heterocycles. The van der Waals surface area contributed by atoms with E-state index >= 15 is 0 Å². The number of fused-ring (bicyclic) bond motifs is 1. The van der Waals surface area contributed by atoms with E-state index in [2.05, 4.69) is 16.9 Å². The summed E-state index contributed by atoms with van der Waals surface area (Å²) < 4.78 is 11.2. The SMILES string of the molecule is CCCCOc1cc2nc(Cl)nc(N(C)C)c2cc1OC. The molecule has 1 heterocycles. The minimum absolute atomic E-state index is 0.218. The zero-order valence-electron chi connectivity index (χ0n) is 12.8. The number of unbranched alkanes of at least 4 members (excludes halogenated alkanes) is 1. The van der Waals surface area contributed by atoms with Crippen molar-refractivity contribution in [2.24, 2.45) is 0 Å². The molecule has 0 N–H and O–H groups in total. The molecule has 2 aromatic rings. The van der Waals surface area contributed by atoms with Crippen LogP contribution in [0, 0.1) is 0 Å². The van der Waals surface area contributed by atoms with Gasteiger partial charge >= 0.3 is 0 Å². The largest absolute Gasteiger partial charge is 0.493 e. The van der Waals surface area contributed by atoms with Crippen LogP contribution in [0.25, 0.3) is 10.9 Å². The number of nitrogens with zero attached hydrogens (tertiary/aromatic N) is 3. The molecule has 0 spiro atoms. The van der Waals surface area contributed by atoms with Crippen molar-refractivity contribution in [1.29, 1.82) is 0 Å². The lowest BCUT2D eigenvalue weighted by atomic mass is 10.2. The van der Waals surface area contributed by atoms with Gasteiger partial charge in [-0.05, 0) is 24.1 Å². The van der Waals surface area contributed by atoms with E-state index < -0.39 is 0 Å². The Hall–Kier alpha value is -1.75. The van der Waals surface area contributed by atoms with Gasteiger partial charge in [0.2, 0.25) is 5.28 Å². The monoisotopic (exact) mass is 309 g/mol. The molecule has 114 valence electrons. The summed E-state index contributed by atoms with van der Waals surface area (Å²) in [6.45, 7) is 2.77. The first-order valence-electron chi connectivity index (χ1n) is 6.92. The molecule has 0 bridgehead atoms. The lowest BCUT2D eigenvalue weighted by Crippen LogP contribution is -2.12. The Morgan fingerprint density at radius 1 is 1.19 bits per heavy atom. The molecule has 0 atom stereocenters. The molecule has 0 aliphatic heterocycles. The highest BCUT2D eigenvalue weighted by molar-refractivity contribution is 6.28. The third kappa shape index (κ3) is 3.47. The van der Waals surface area contributed by atoms with E-state index in [1.54, 1.807) is 7.11 Å². The maximum atomic E-state index is 6.00. The molecule has 2 rings (SSSR count). The molecule has 0 amide bonds. The van der Waals surface area contributed by atoms with Crippen molar-refractivity contribution in [3.05, 3.63) is 17.4 Å². The topological polar surface area (TPSA) is 47.5 Å². The second-order valence-electron chi connectivity index (χ2n) is 4.93. The number of aromatic nitrogens is 2. The van der Waals surface area contributed by atoms with Gasteiger partial charge in [0, 0.05) is 25.5 Å². The fraction of sp³-hybridized carbons (Fsp3) is 0.467. The van der Waals surface area contributed by atoms with E-state index in [1.165, 1.54) is 0 Å². The molecule has 0 radical (unpaired) electrons. The summed E-state index contributed by atoms with van der Waals surface area (Å²) in [6, 6.07) is 3.74. The summed E-state index contributed by atoms with van der Waals surface area (Å²) in [5.41, 5.74) is 0.742. The second kappa shape index (κ2) is 6.80. The molecule has 1 aromatic carbocycles. The van der Waals surface area contributed by atoms with Gasteiger partial charge in [-0.15, -0.1) is 0 Å². The van der Waals surface area contributed by atoms with Gasteiger partial charge in [0.25, 0.3) is 0 Å². The third-order valence-electron chi connectivity index (χ3n) is 3.11. The third-order valence-corrected chi connectivity index (χ3v) is 3.28. The number of hydrogen-bond donors (Lipinski definition) is 0. The van der Waals surface area contributed by atoms with Crippen LogP contribution in [0.3, 0.4) is 0 Å². The van der Waals surface area contributed by atoms with Crippen molar-refractivity contribution in [1.82, 2.24) is 9.97 Å². The van der Waals surface area contributed by atoms with Crippen molar-refractivity contribution >= 4 is 28.3 Å². The van der Waals surface area contributed by atoms with Crippen LogP contribution in [0.5, 0.6) is 11.5 Å². The Kier molecular flexibility index (Phi) is 5.07. The normalized spacial score (nSPS) is 10.7. The van der Waals surface area contributed by atoms with Crippen LogP contribution in [0.1, 0.15) is 19.8 Å². The average Bonchev–Trinajstić information content (AvgIpc) is 2.45. The Labute approximate surface area is 129 Å².